The molecule has 4 aromatic rings. The summed E-state index contributed by atoms with van der Waals surface area (Å²) in [6.45, 7) is 0. The van der Waals surface area contributed by atoms with E-state index in [0.717, 1.165) is 42.0 Å². The quantitative estimate of drug-likeness (QED) is 0.496. The molecule has 0 atom stereocenters. The highest BCUT2D eigenvalue weighted by atomic mass is 32.1. The third kappa shape index (κ3) is 3.16. The molecule has 0 aliphatic heterocycles. The van der Waals surface area contributed by atoms with Gasteiger partial charge in [-0.05, 0) is 43.0 Å². The lowest BCUT2D eigenvalue weighted by Gasteiger charge is -2.10. The highest BCUT2D eigenvalue weighted by Gasteiger charge is 2.36. The van der Waals surface area contributed by atoms with Crippen molar-refractivity contribution < 1.29 is 22.4 Å². The van der Waals surface area contributed by atoms with Crippen molar-refractivity contribution in [1.29, 1.82) is 5.26 Å². The summed E-state index contributed by atoms with van der Waals surface area (Å²) in [5, 5.41) is 16.3. The summed E-state index contributed by atoms with van der Waals surface area (Å²) in [6, 6.07) is 5.94. The van der Waals surface area contributed by atoms with E-state index in [2.05, 4.69) is 21.5 Å². The Balaban J connectivity index is 1.60. The fourth-order valence-corrected chi connectivity index (χ4v) is 4.89. The third-order valence-corrected chi connectivity index (χ3v) is 6.25. The Kier molecular flexibility index (Phi) is 4.33. The fourth-order valence-electron chi connectivity index (χ4n) is 3.66. The predicted molar refractivity (Wildman–Crippen MR) is 105 cm³/mol. The first-order valence-electron chi connectivity index (χ1n) is 9.22. The van der Waals surface area contributed by atoms with E-state index >= 15 is 0 Å². The van der Waals surface area contributed by atoms with E-state index in [1.807, 2.05) is 0 Å². The number of carbonyl (C=O) groups is 1. The standard InChI is InChI=1S/C20H12F3N5O2S/c21-20(22,23)16-7-13(14-4-2-6-30-14)26-17-12(9-25-28(16)17)18(29)27-19-11(8-24)10-3-1-5-15(10)31-19/h2,4,6-7,9H,1,3,5H2,(H,27,29). The normalized spacial score (nSPS) is 13.4. The van der Waals surface area contributed by atoms with Crippen molar-refractivity contribution in [2.75, 3.05) is 5.32 Å². The van der Waals surface area contributed by atoms with Crippen LogP contribution in [0.1, 0.15) is 38.5 Å². The van der Waals surface area contributed by atoms with Gasteiger partial charge >= 0.3 is 6.18 Å². The van der Waals surface area contributed by atoms with E-state index < -0.39 is 17.8 Å². The molecule has 4 aromatic heterocycles. The van der Waals surface area contributed by atoms with E-state index in [1.165, 1.54) is 29.7 Å². The van der Waals surface area contributed by atoms with Crippen molar-refractivity contribution in [2.24, 2.45) is 0 Å². The summed E-state index contributed by atoms with van der Waals surface area (Å²) in [7, 11) is 0. The Morgan fingerprint density at radius 1 is 1.35 bits per heavy atom. The minimum absolute atomic E-state index is 0.0767. The third-order valence-electron chi connectivity index (χ3n) is 5.04. The Morgan fingerprint density at radius 2 is 2.19 bits per heavy atom. The molecule has 0 spiro atoms. The molecular formula is C20H12F3N5O2S. The molecule has 0 unspecified atom stereocenters. The molecular weight excluding hydrogens is 431 g/mol. The zero-order chi connectivity index (χ0) is 21.8. The molecule has 1 N–H and O–H groups in total. The first-order valence-corrected chi connectivity index (χ1v) is 10.0. The molecule has 1 aliphatic carbocycles. The molecule has 1 amide bonds. The molecule has 0 saturated carbocycles. The van der Waals surface area contributed by atoms with E-state index in [-0.39, 0.29) is 22.7 Å². The number of nitrogens with zero attached hydrogens (tertiary/aromatic N) is 4. The molecule has 0 saturated heterocycles. The van der Waals surface area contributed by atoms with E-state index in [1.54, 1.807) is 0 Å². The molecule has 0 radical (unpaired) electrons. The maximum Gasteiger partial charge on any atom is 0.433 e. The first-order chi connectivity index (χ1) is 14.9. The number of hydrogen-bond acceptors (Lipinski definition) is 6. The lowest BCUT2D eigenvalue weighted by atomic mass is 10.1. The Morgan fingerprint density at radius 3 is 2.90 bits per heavy atom. The number of thiophene rings is 1. The molecule has 0 bridgehead atoms. The number of anilines is 1. The van der Waals surface area contributed by atoms with Crippen molar-refractivity contribution in [3.05, 3.63) is 57.9 Å². The monoisotopic (exact) mass is 443 g/mol. The minimum atomic E-state index is -4.73. The van der Waals surface area contributed by atoms with E-state index in [0.29, 0.717) is 15.1 Å². The van der Waals surface area contributed by atoms with E-state index in [9.17, 15) is 23.2 Å². The number of fused-ring (bicyclic) bond motifs is 2. The number of hydrogen-bond donors (Lipinski definition) is 1. The average Bonchev–Trinajstić information content (AvgIpc) is 3.49. The van der Waals surface area contributed by atoms with Gasteiger partial charge in [-0.2, -0.15) is 23.5 Å². The molecule has 31 heavy (non-hydrogen) atoms. The van der Waals surface area contributed by atoms with Gasteiger partial charge < -0.3 is 9.73 Å². The Labute approximate surface area is 176 Å². The van der Waals surface area contributed by atoms with Gasteiger partial charge in [-0.3, -0.25) is 4.79 Å². The second kappa shape index (κ2) is 6.95. The number of amides is 1. The molecule has 0 aromatic carbocycles. The molecule has 4 heterocycles. The number of nitrogens with one attached hydrogen (secondary N) is 1. The van der Waals surface area contributed by atoms with Crippen molar-refractivity contribution >= 4 is 27.9 Å². The van der Waals surface area contributed by atoms with Crippen molar-refractivity contribution in [3.63, 3.8) is 0 Å². The number of rotatable bonds is 3. The molecule has 7 nitrogen and oxygen atoms in total. The maximum absolute atomic E-state index is 13.6. The smallest absolute Gasteiger partial charge is 0.433 e. The largest absolute Gasteiger partial charge is 0.463 e. The van der Waals surface area contributed by atoms with Gasteiger partial charge in [0.15, 0.2) is 17.1 Å². The second-order valence-electron chi connectivity index (χ2n) is 6.92. The maximum atomic E-state index is 13.6. The summed E-state index contributed by atoms with van der Waals surface area (Å²) in [5.41, 5.74) is -0.233. The summed E-state index contributed by atoms with van der Waals surface area (Å²) < 4.78 is 46.7. The lowest BCUT2D eigenvalue weighted by Crippen LogP contribution is -2.15. The summed E-state index contributed by atoms with van der Waals surface area (Å²) in [6.07, 6.45) is 0.182. The molecule has 11 heteroatoms. The number of aryl methyl sites for hydroxylation is 1. The van der Waals surface area contributed by atoms with Crippen LogP contribution in [-0.2, 0) is 19.0 Å². The topological polar surface area (TPSA) is 96.2 Å². The Hall–Kier alpha value is -3.65. The minimum Gasteiger partial charge on any atom is -0.463 e. The number of furan rings is 1. The van der Waals surface area contributed by atoms with Gasteiger partial charge in [-0.25, -0.2) is 9.50 Å². The lowest BCUT2D eigenvalue weighted by molar-refractivity contribution is -0.142. The van der Waals surface area contributed by atoms with Crippen LogP contribution < -0.4 is 5.32 Å². The zero-order valence-corrected chi connectivity index (χ0v) is 16.5. The number of carbonyl (C=O) groups excluding carboxylic acids is 1. The van der Waals surface area contributed by atoms with Crippen LogP contribution in [0.2, 0.25) is 0 Å². The highest BCUT2D eigenvalue weighted by Crippen LogP contribution is 2.39. The fraction of sp³-hybridized carbons (Fsp3) is 0.200. The van der Waals surface area contributed by atoms with Crippen LogP contribution in [0.15, 0.2) is 35.1 Å². The highest BCUT2D eigenvalue weighted by molar-refractivity contribution is 7.16. The van der Waals surface area contributed by atoms with Crippen LogP contribution in [0.5, 0.6) is 0 Å². The number of aromatic nitrogens is 3. The SMILES string of the molecule is N#Cc1c(NC(=O)c2cnn3c(C(F)(F)F)cc(-c4ccco4)nc23)sc2c1CCC2. The van der Waals surface area contributed by atoms with Crippen LogP contribution >= 0.6 is 11.3 Å². The Bertz CT molecular complexity index is 1360. The van der Waals surface area contributed by atoms with Gasteiger partial charge in [0.25, 0.3) is 5.91 Å². The first kappa shape index (κ1) is 19.3. The van der Waals surface area contributed by atoms with Gasteiger partial charge in [0.2, 0.25) is 0 Å². The summed E-state index contributed by atoms with van der Waals surface area (Å²) >= 11 is 1.32. The average molecular weight is 443 g/mol. The molecule has 156 valence electrons. The molecule has 0 fully saturated rings. The van der Waals surface area contributed by atoms with Crippen LogP contribution in [0.3, 0.4) is 0 Å². The van der Waals surface area contributed by atoms with Gasteiger partial charge in [0.1, 0.15) is 22.3 Å². The van der Waals surface area contributed by atoms with Gasteiger partial charge in [-0.15, -0.1) is 11.3 Å². The second-order valence-corrected chi connectivity index (χ2v) is 8.03. The van der Waals surface area contributed by atoms with E-state index in [4.69, 9.17) is 4.42 Å². The van der Waals surface area contributed by atoms with Crippen molar-refractivity contribution in [2.45, 2.75) is 25.4 Å². The van der Waals surface area contributed by atoms with Crippen LogP contribution in [0.4, 0.5) is 18.2 Å². The van der Waals surface area contributed by atoms with Crippen molar-refractivity contribution in [3.8, 4) is 17.5 Å². The van der Waals surface area contributed by atoms with Crippen LogP contribution in [0.25, 0.3) is 17.1 Å². The number of nitriles is 1. The predicted octanol–water partition coefficient (Wildman–Crippen LogP) is 4.68. The van der Waals surface area contributed by atoms with Crippen LogP contribution in [-0.4, -0.2) is 20.5 Å². The van der Waals surface area contributed by atoms with Gasteiger partial charge in [0, 0.05) is 4.88 Å². The molecule has 5 rings (SSSR count). The summed E-state index contributed by atoms with van der Waals surface area (Å²) in [5.74, 6) is -0.564. The van der Waals surface area contributed by atoms with Crippen molar-refractivity contribution in [1.82, 2.24) is 14.6 Å². The van der Waals surface area contributed by atoms with Gasteiger partial charge in [0.05, 0.1) is 18.0 Å². The molecule has 1 aliphatic rings. The number of alkyl halides is 3. The van der Waals surface area contributed by atoms with Gasteiger partial charge in [-0.1, -0.05) is 0 Å². The summed E-state index contributed by atoms with van der Waals surface area (Å²) in [4.78, 5) is 18.2. The number of halogens is 3. The van der Waals surface area contributed by atoms with Crippen LogP contribution in [0, 0.1) is 11.3 Å². The zero-order valence-electron chi connectivity index (χ0n) is 15.7.